The summed E-state index contributed by atoms with van der Waals surface area (Å²) in [5.74, 6) is -2.18. The lowest BCUT2D eigenvalue weighted by molar-refractivity contribution is -0.160. The maximum Gasteiger partial charge on any atom is 0.337 e. The van der Waals surface area contributed by atoms with Crippen LogP contribution in [0.3, 0.4) is 0 Å². The molecule has 10 nitrogen and oxygen atoms in total. The summed E-state index contributed by atoms with van der Waals surface area (Å²) in [5, 5.41) is 10.3. The average molecular weight is 622 g/mol. The van der Waals surface area contributed by atoms with Crippen molar-refractivity contribution in [3.63, 3.8) is 0 Å². The summed E-state index contributed by atoms with van der Waals surface area (Å²) in [4.78, 5) is 37.9. The van der Waals surface area contributed by atoms with Crippen molar-refractivity contribution in [2.45, 2.75) is 66.1 Å². The Morgan fingerprint density at radius 3 is 2.40 bits per heavy atom. The Bertz CT molecular complexity index is 1530. The van der Waals surface area contributed by atoms with E-state index in [1.807, 2.05) is 51.8 Å². The Hall–Kier alpha value is -4.25. The quantitative estimate of drug-likeness (QED) is 0.274. The summed E-state index contributed by atoms with van der Waals surface area (Å²) >= 11 is 0. The van der Waals surface area contributed by atoms with Gasteiger partial charge in [-0.05, 0) is 76.3 Å². The van der Waals surface area contributed by atoms with E-state index in [1.165, 1.54) is 12.1 Å². The number of hydrogen-bond donors (Lipinski definition) is 2. The van der Waals surface area contributed by atoms with Crippen LogP contribution in [0.1, 0.15) is 75.2 Å². The number of likely N-dealkylation sites (N-methyl/N-ethyl adjacent to an activating group) is 1. The molecule has 45 heavy (non-hydrogen) atoms. The Morgan fingerprint density at radius 1 is 1.13 bits per heavy atom. The monoisotopic (exact) mass is 621 g/mol. The van der Waals surface area contributed by atoms with Crippen molar-refractivity contribution in [2.75, 3.05) is 43.1 Å². The number of benzene rings is 1. The third kappa shape index (κ3) is 8.27. The van der Waals surface area contributed by atoms with Gasteiger partial charge in [-0.3, -0.25) is 14.8 Å². The number of carboxylic acids is 1. The van der Waals surface area contributed by atoms with E-state index in [1.54, 1.807) is 12.4 Å². The largest absolute Gasteiger partial charge is 0.491 e. The van der Waals surface area contributed by atoms with E-state index in [0.29, 0.717) is 23.5 Å². The number of aromatic nitrogens is 2. The molecule has 2 aromatic heterocycles. The number of carboxylic acid groups (broad SMARTS) is 1. The number of piperidine rings is 1. The number of nitrogens with zero attached hydrogens (tertiary/aromatic N) is 4. The molecule has 1 aliphatic heterocycles. The molecule has 0 spiro atoms. The second-order valence-corrected chi connectivity index (χ2v) is 13.3. The zero-order chi connectivity index (χ0) is 33.1. The maximum absolute atomic E-state index is 13.6. The number of anilines is 2. The van der Waals surface area contributed by atoms with Gasteiger partial charge in [0.25, 0.3) is 5.91 Å². The van der Waals surface area contributed by atoms with Crippen LogP contribution >= 0.6 is 0 Å². The Balaban J connectivity index is 1.63. The number of hydrogen-bond acceptors (Lipinski definition) is 8. The maximum atomic E-state index is 13.6. The lowest BCUT2D eigenvalue weighted by Crippen LogP contribution is -2.39. The fourth-order valence-corrected chi connectivity index (χ4v) is 5.39. The van der Waals surface area contributed by atoms with Gasteiger partial charge in [0, 0.05) is 43.2 Å². The summed E-state index contributed by atoms with van der Waals surface area (Å²) in [6, 6.07) is 7.48. The number of pyridine rings is 2. The van der Waals surface area contributed by atoms with Crippen molar-refractivity contribution in [2.24, 2.45) is 11.1 Å². The number of nitrogens with two attached hydrogens (primary N) is 1. The molecular formula is C34H44FN5O5. The lowest BCUT2D eigenvalue weighted by atomic mass is 9.82. The van der Waals surface area contributed by atoms with Crippen molar-refractivity contribution in [1.82, 2.24) is 9.97 Å². The summed E-state index contributed by atoms with van der Waals surface area (Å²) in [7, 11) is 1.88. The molecule has 3 heterocycles. The second kappa shape index (κ2) is 13.4. The van der Waals surface area contributed by atoms with Gasteiger partial charge >= 0.3 is 5.97 Å². The summed E-state index contributed by atoms with van der Waals surface area (Å²) in [5.41, 5.74) is 9.02. The molecule has 1 aliphatic rings. The normalized spacial score (nSPS) is 15.4. The molecule has 1 aromatic carbocycles. The van der Waals surface area contributed by atoms with E-state index in [4.69, 9.17) is 20.2 Å². The first-order chi connectivity index (χ1) is 21.1. The SMILES string of the molecule is Cc1ncc(-c2ccc(N(C)CCOc3ccc(F)cc3C(N)=O)cn2)c(N2CCC(C)(C)CC2)c1[C@H](OC(C)(C)C)C(=O)O. The number of primary amides is 1. The standard InChI is InChI=1S/C34H44FN5O5/c1-21-28(30(32(42)43)45-33(2,3)4)29(40-14-12-34(5,6)13-15-40)25(20-37-21)26-10-9-23(19-38-26)39(7)16-17-44-27-11-8-22(35)18-24(27)31(36)41/h8-11,18-20,30H,12-17H2,1-7H3,(H2,36,41)(H,42,43)/t30-/m0/s1. The highest BCUT2D eigenvalue weighted by molar-refractivity contribution is 5.95. The molecule has 1 fully saturated rings. The summed E-state index contributed by atoms with van der Waals surface area (Å²) in [6.07, 6.45) is 4.23. The highest BCUT2D eigenvalue weighted by atomic mass is 19.1. The molecule has 242 valence electrons. The van der Waals surface area contributed by atoms with Crippen molar-refractivity contribution < 1.29 is 28.6 Å². The van der Waals surface area contributed by atoms with E-state index >= 15 is 0 Å². The third-order valence-electron chi connectivity index (χ3n) is 8.03. The van der Waals surface area contributed by atoms with Gasteiger partial charge in [-0.15, -0.1) is 0 Å². The minimum Gasteiger partial charge on any atom is -0.491 e. The summed E-state index contributed by atoms with van der Waals surface area (Å²) in [6.45, 7) is 14.1. The number of amides is 1. The minimum absolute atomic E-state index is 0.0131. The zero-order valence-corrected chi connectivity index (χ0v) is 27.2. The van der Waals surface area contributed by atoms with Gasteiger partial charge in [0.2, 0.25) is 0 Å². The molecule has 0 saturated carbocycles. The third-order valence-corrected chi connectivity index (χ3v) is 8.03. The molecule has 0 aliphatic carbocycles. The fraction of sp³-hybridized carbons (Fsp3) is 0.471. The summed E-state index contributed by atoms with van der Waals surface area (Å²) < 4.78 is 25.4. The van der Waals surface area contributed by atoms with Gasteiger partial charge < -0.3 is 30.1 Å². The molecule has 1 saturated heterocycles. The van der Waals surface area contributed by atoms with Gasteiger partial charge in [-0.1, -0.05) is 13.8 Å². The highest BCUT2D eigenvalue weighted by Gasteiger charge is 2.36. The Morgan fingerprint density at radius 2 is 1.82 bits per heavy atom. The lowest BCUT2D eigenvalue weighted by Gasteiger charge is -2.40. The smallest absolute Gasteiger partial charge is 0.337 e. The number of carbonyl (C=O) groups excluding carboxylic acids is 1. The first kappa shape index (κ1) is 33.6. The number of rotatable bonds is 11. The van der Waals surface area contributed by atoms with Crippen LogP contribution < -0.4 is 20.3 Å². The van der Waals surface area contributed by atoms with Crippen LogP contribution in [0.15, 0.2) is 42.7 Å². The topological polar surface area (TPSA) is 131 Å². The average Bonchev–Trinajstić information content (AvgIpc) is 2.96. The Kier molecular flexibility index (Phi) is 10.0. The zero-order valence-electron chi connectivity index (χ0n) is 27.2. The van der Waals surface area contributed by atoms with Gasteiger partial charge in [-0.2, -0.15) is 0 Å². The molecule has 0 unspecified atom stereocenters. The van der Waals surface area contributed by atoms with Crippen molar-refractivity contribution >= 4 is 23.3 Å². The van der Waals surface area contributed by atoms with Crippen LogP contribution in [0.5, 0.6) is 5.75 Å². The molecule has 1 amide bonds. The van der Waals surface area contributed by atoms with E-state index in [-0.39, 0.29) is 23.3 Å². The molecule has 3 N–H and O–H groups in total. The molecule has 11 heteroatoms. The number of halogens is 1. The number of aliphatic carboxylic acids is 1. The van der Waals surface area contributed by atoms with E-state index in [2.05, 4.69) is 23.7 Å². The first-order valence-electron chi connectivity index (χ1n) is 15.1. The van der Waals surface area contributed by atoms with Gasteiger partial charge in [0.05, 0.1) is 41.0 Å². The number of ether oxygens (including phenoxy) is 2. The molecule has 4 rings (SSSR count). The van der Waals surface area contributed by atoms with Crippen LogP contribution in [0.4, 0.5) is 15.8 Å². The molecule has 1 atom stereocenters. The van der Waals surface area contributed by atoms with E-state index in [0.717, 1.165) is 48.9 Å². The highest BCUT2D eigenvalue weighted by Crippen LogP contribution is 2.43. The van der Waals surface area contributed by atoms with Gasteiger partial charge in [-0.25, -0.2) is 9.18 Å². The van der Waals surface area contributed by atoms with Crippen LogP contribution in [-0.4, -0.2) is 65.8 Å². The van der Waals surface area contributed by atoms with Crippen molar-refractivity contribution in [3.05, 3.63) is 65.4 Å². The van der Waals surface area contributed by atoms with Crippen LogP contribution in [0.25, 0.3) is 11.3 Å². The van der Waals surface area contributed by atoms with Gasteiger partial charge in [0.1, 0.15) is 18.2 Å². The number of carbonyl (C=O) groups is 2. The predicted octanol–water partition coefficient (Wildman–Crippen LogP) is 5.77. The van der Waals surface area contributed by atoms with E-state index in [9.17, 15) is 19.1 Å². The fourth-order valence-electron chi connectivity index (χ4n) is 5.39. The second-order valence-electron chi connectivity index (χ2n) is 13.3. The molecular weight excluding hydrogens is 577 g/mol. The first-order valence-corrected chi connectivity index (χ1v) is 15.1. The molecule has 0 radical (unpaired) electrons. The number of aryl methyl sites for hydroxylation is 1. The van der Waals surface area contributed by atoms with Crippen LogP contribution in [-0.2, 0) is 9.53 Å². The minimum atomic E-state index is -1.20. The predicted molar refractivity (Wildman–Crippen MR) is 172 cm³/mol. The van der Waals surface area contributed by atoms with Crippen molar-refractivity contribution in [1.29, 1.82) is 0 Å². The Labute approximate surface area is 264 Å². The van der Waals surface area contributed by atoms with E-state index < -0.39 is 29.4 Å². The molecule has 3 aromatic rings. The molecule has 0 bridgehead atoms. The van der Waals surface area contributed by atoms with Crippen molar-refractivity contribution in [3.8, 4) is 17.0 Å². The van der Waals surface area contributed by atoms with Gasteiger partial charge in [0.15, 0.2) is 6.10 Å². The van der Waals surface area contributed by atoms with Crippen LogP contribution in [0, 0.1) is 18.2 Å². The van der Waals surface area contributed by atoms with Crippen LogP contribution in [0.2, 0.25) is 0 Å².